The molecule has 0 aliphatic heterocycles. The van der Waals surface area contributed by atoms with Crippen molar-refractivity contribution in [2.75, 3.05) is 0 Å². The van der Waals surface area contributed by atoms with Gasteiger partial charge in [-0.2, -0.15) is 0 Å². The lowest BCUT2D eigenvalue weighted by atomic mass is 10.00. The van der Waals surface area contributed by atoms with Crippen LogP contribution in [-0.4, -0.2) is 9.13 Å². The number of rotatable bonds is 4. The molecule has 0 radical (unpaired) electrons. The van der Waals surface area contributed by atoms with Gasteiger partial charge in [0, 0.05) is 43.4 Å². The Labute approximate surface area is 339 Å². The first kappa shape index (κ1) is 32.2. The first-order valence-electron chi connectivity index (χ1n) is 20.2. The third kappa shape index (κ3) is 4.76. The van der Waals surface area contributed by atoms with Gasteiger partial charge in [0.1, 0.15) is 5.58 Å². The minimum Gasteiger partial charge on any atom is -0.454 e. The predicted octanol–water partition coefficient (Wildman–Crippen LogP) is 15.4. The fourth-order valence-corrected chi connectivity index (χ4v) is 9.72. The number of hydrogen-bond acceptors (Lipinski definition) is 1. The van der Waals surface area contributed by atoms with Crippen LogP contribution in [0.4, 0.5) is 0 Å². The van der Waals surface area contributed by atoms with E-state index in [9.17, 15) is 0 Å². The normalized spacial score (nSPS) is 12.1. The van der Waals surface area contributed by atoms with E-state index in [-0.39, 0.29) is 0 Å². The largest absolute Gasteiger partial charge is 0.454 e. The molecule has 0 saturated carbocycles. The van der Waals surface area contributed by atoms with Crippen molar-refractivity contribution in [3.63, 3.8) is 0 Å². The van der Waals surface area contributed by atoms with Crippen LogP contribution < -0.4 is 0 Å². The zero-order valence-corrected chi connectivity index (χ0v) is 31.9. The first-order chi connectivity index (χ1) is 29.2. The number of fused-ring (bicyclic) bond motifs is 12. The van der Waals surface area contributed by atoms with E-state index in [2.05, 4.69) is 209 Å². The fourth-order valence-electron chi connectivity index (χ4n) is 9.72. The van der Waals surface area contributed by atoms with Gasteiger partial charge in [-0.3, -0.25) is 0 Å². The Bertz CT molecular complexity index is 3840. The van der Waals surface area contributed by atoms with Crippen molar-refractivity contribution >= 4 is 87.1 Å². The van der Waals surface area contributed by atoms with Gasteiger partial charge in [0.25, 0.3) is 0 Å². The van der Waals surface area contributed by atoms with Gasteiger partial charge in [0.05, 0.1) is 27.8 Å². The van der Waals surface area contributed by atoms with Crippen LogP contribution in [-0.2, 0) is 0 Å². The van der Waals surface area contributed by atoms with E-state index >= 15 is 0 Å². The maximum atomic E-state index is 6.55. The topological polar surface area (TPSA) is 23.0 Å². The minimum atomic E-state index is 0.901. The van der Waals surface area contributed by atoms with Crippen LogP contribution in [0.15, 0.2) is 211 Å². The molecule has 0 saturated heterocycles. The van der Waals surface area contributed by atoms with E-state index in [1.165, 1.54) is 76.4 Å². The number of furan rings is 1. The Morgan fingerprint density at radius 3 is 1.71 bits per heavy atom. The smallest absolute Gasteiger partial charge is 0.159 e. The maximum absolute atomic E-state index is 6.55. The summed E-state index contributed by atoms with van der Waals surface area (Å²) < 4.78 is 11.4. The minimum absolute atomic E-state index is 0.901. The van der Waals surface area contributed by atoms with E-state index in [1.54, 1.807) is 0 Å². The molecule has 274 valence electrons. The van der Waals surface area contributed by atoms with Crippen LogP contribution in [0.5, 0.6) is 0 Å². The molecule has 0 amide bonds. The molecule has 0 aliphatic carbocycles. The Morgan fingerprint density at radius 2 is 0.881 bits per heavy atom. The fraction of sp³-hybridized carbons (Fsp3) is 0. The molecule has 0 aliphatic rings. The maximum Gasteiger partial charge on any atom is 0.159 e. The highest BCUT2D eigenvalue weighted by Crippen LogP contribution is 2.42. The van der Waals surface area contributed by atoms with Crippen molar-refractivity contribution in [1.29, 1.82) is 0 Å². The first-order valence-corrected chi connectivity index (χ1v) is 20.2. The van der Waals surface area contributed by atoms with E-state index in [0.29, 0.717) is 0 Å². The summed E-state index contributed by atoms with van der Waals surface area (Å²) in [5.41, 5.74) is 13.5. The molecule has 0 atom stereocenters. The zero-order chi connectivity index (χ0) is 38.6. The molecule has 3 nitrogen and oxygen atoms in total. The van der Waals surface area contributed by atoms with Crippen LogP contribution in [0.25, 0.3) is 121 Å². The van der Waals surface area contributed by atoms with Gasteiger partial charge in [0.2, 0.25) is 0 Å². The third-order valence-electron chi connectivity index (χ3n) is 12.5. The van der Waals surface area contributed by atoms with Gasteiger partial charge < -0.3 is 13.6 Å². The Hall–Kier alpha value is -7.88. The molecule has 0 spiro atoms. The lowest BCUT2D eigenvalue weighted by Crippen LogP contribution is -1.95. The van der Waals surface area contributed by atoms with Crippen molar-refractivity contribution in [2.24, 2.45) is 0 Å². The third-order valence-corrected chi connectivity index (χ3v) is 12.5. The predicted molar refractivity (Wildman–Crippen MR) is 248 cm³/mol. The highest BCUT2D eigenvalue weighted by Gasteiger charge is 2.20. The van der Waals surface area contributed by atoms with Crippen LogP contribution in [0.1, 0.15) is 0 Å². The Kier molecular flexibility index (Phi) is 6.72. The number of nitrogens with zero attached hydrogens (tertiary/aromatic N) is 2. The summed E-state index contributed by atoms with van der Waals surface area (Å²) >= 11 is 0. The molecule has 13 rings (SSSR count). The molecular formula is C56H34N2O. The molecule has 0 N–H and O–H groups in total. The Balaban J connectivity index is 0.981. The highest BCUT2D eigenvalue weighted by molar-refractivity contribution is 6.20. The molecule has 13 aromatic rings. The van der Waals surface area contributed by atoms with Crippen LogP contribution >= 0.6 is 0 Å². The molecule has 3 aromatic heterocycles. The van der Waals surface area contributed by atoms with Gasteiger partial charge in [-0.25, -0.2) is 0 Å². The van der Waals surface area contributed by atoms with E-state index in [1.807, 2.05) is 6.07 Å². The number of para-hydroxylation sites is 3. The van der Waals surface area contributed by atoms with E-state index in [4.69, 9.17) is 4.42 Å². The second-order valence-electron chi connectivity index (χ2n) is 15.7. The lowest BCUT2D eigenvalue weighted by Gasteiger charge is -2.12. The van der Waals surface area contributed by atoms with Crippen LogP contribution in [0.3, 0.4) is 0 Å². The monoisotopic (exact) mass is 750 g/mol. The van der Waals surface area contributed by atoms with E-state index in [0.717, 1.165) is 44.3 Å². The summed E-state index contributed by atoms with van der Waals surface area (Å²) in [5.74, 6) is 0. The summed E-state index contributed by atoms with van der Waals surface area (Å²) in [6.45, 7) is 0. The van der Waals surface area contributed by atoms with Gasteiger partial charge in [-0.05, 0) is 99.1 Å². The van der Waals surface area contributed by atoms with Crippen molar-refractivity contribution in [3.05, 3.63) is 206 Å². The molecule has 10 aromatic carbocycles. The molecule has 3 heteroatoms. The molecule has 3 heterocycles. The summed E-state index contributed by atoms with van der Waals surface area (Å²) in [4.78, 5) is 0. The SMILES string of the molecule is c1ccc2cc(-c3ccc(-n4c5ccc(-c6ccc7c(c6)c6ccccc6n7-c6cccc7c6oc6ccccc67)cc5c5ccc6ccccc6c54)cc3)ccc2c1. The van der Waals surface area contributed by atoms with Gasteiger partial charge in [-0.15, -0.1) is 0 Å². The van der Waals surface area contributed by atoms with Crippen molar-refractivity contribution in [3.8, 4) is 33.6 Å². The second-order valence-corrected chi connectivity index (χ2v) is 15.7. The summed E-state index contributed by atoms with van der Waals surface area (Å²) in [6.07, 6.45) is 0. The average molecular weight is 751 g/mol. The number of hydrogen-bond donors (Lipinski definition) is 0. The zero-order valence-electron chi connectivity index (χ0n) is 31.9. The van der Waals surface area contributed by atoms with Gasteiger partial charge >= 0.3 is 0 Å². The van der Waals surface area contributed by atoms with E-state index < -0.39 is 0 Å². The number of benzene rings is 10. The lowest BCUT2D eigenvalue weighted by molar-refractivity contribution is 0.666. The summed E-state index contributed by atoms with van der Waals surface area (Å²) in [7, 11) is 0. The van der Waals surface area contributed by atoms with Gasteiger partial charge in [0.15, 0.2) is 5.58 Å². The van der Waals surface area contributed by atoms with Crippen LogP contribution in [0, 0.1) is 0 Å². The highest BCUT2D eigenvalue weighted by atomic mass is 16.3. The summed E-state index contributed by atoms with van der Waals surface area (Å²) in [5, 5.41) is 12.2. The molecular weight excluding hydrogens is 717 g/mol. The van der Waals surface area contributed by atoms with Crippen molar-refractivity contribution < 1.29 is 4.42 Å². The molecule has 0 bridgehead atoms. The summed E-state index contributed by atoms with van der Waals surface area (Å²) in [6, 6.07) is 75.1. The molecule has 59 heavy (non-hydrogen) atoms. The second kappa shape index (κ2) is 12.3. The van der Waals surface area contributed by atoms with Crippen LogP contribution in [0.2, 0.25) is 0 Å². The average Bonchev–Trinajstić information content (AvgIpc) is 3.96. The molecule has 0 fully saturated rings. The quantitative estimate of drug-likeness (QED) is 0.176. The van der Waals surface area contributed by atoms with Crippen molar-refractivity contribution in [2.45, 2.75) is 0 Å². The Morgan fingerprint density at radius 1 is 0.305 bits per heavy atom. The standard InChI is InChI=1S/C56H34N2O/c1-2-12-38-32-39(21-20-35(38)10-1)36-22-27-42(28-23-36)57-51-30-25-41(34-49(51)46-29-24-37-11-3-4-13-43(37)55(46)57)40-26-31-52-48(33-40)44-14-5-7-17-50(44)58(52)53-18-9-16-47-45-15-6-8-19-54(45)59-56(47)53/h1-34H. The van der Waals surface area contributed by atoms with Gasteiger partial charge in [-0.1, -0.05) is 146 Å². The molecule has 0 unspecified atom stereocenters. The van der Waals surface area contributed by atoms with Crippen molar-refractivity contribution in [1.82, 2.24) is 9.13 Å². The number of aromatic nitrogens is 2.